The molecule has 0 aliphatic heterocycles. The fourth-order valence-corrected chi connectivity index (χ4v) is 6.94. The summed E-state index contributed by atoms with van der Waals surface area (Å²) < 4.78 is 6.20. The van der Waals surface area contributed by atoms with Crippen molar-refractivity contribution < 1.29 is 14.3 Å². The van der Waals surface area contributed by atoms with Crippen molar-refractivity contribution >= 4 is 12.3 Å². The molecule has 5 saturated carbocycles. The molecule has 5 rings (SSSR count). The van der Waals surface area contributed by atoms with E-state index in [1.165, 1.54) is 44.8 Å². The highest BCUT2D eigenvalue weighted by Gasteiger charge is 2.61. The van der Waals surface area contributed by atoms with Crippen molar-refractivity contribution in [3.8, 4) is 0 Å². The van der Waals surface area contributed by atoms with Crippen LogP contribution in [0.2, 0.25) is 0 Å². The Kier molecular flexibility index (Phi) is 3.85. The average Bonchev–Trinajstić information content (AvgIpc) is 2.54. The molecule has 3 heteroatoms. The van der Waals surface area contributed by atoms with E-state index in [0.717, 1.165) is 32.1 Å². The number of aldehydes is 1. The maximum Gasteiger partial charge on any atom is 0.312 e. The lowest BCUT2D eigenvalue weighted by Crippen LogP contribution is -2.57. The molecule has 0 aromatic rings. The van der Waals surface area contributed by atoms with E-state index < -0.39 is 0 Å². The zero-order valence-corrected chi connectivity index (χ0v) is 15.3. The number of hydrogen-bond donors (Lipinski definition) is 0. The van der Waals surface area contributed by atoms with Crippen LogP contribution < -0.4 is 0 Å². The van der Waals surface area contributed by atoms with E-state index in [4.69, 9.17) is 4.74 Å². The Morgan fingerprint density at radius 2 is 1.67 bits per heavy atom. The molecule has 3 nitrogen and oxygen atoms in total. The second-order valence-corrected chi connectivity index (χ2v) is 10.0. The van der Waals surface area contributed by atoms with E-state index in [9.17, 15) is 9.59 Å². The fourth-order valence-electron chi connectivity index (χ4n) is 6.94. The van der Waals surface area contributed by atoms with Crippen LogP contribution in [0.25, 0.3) is 0 Å². The van der Waals surface area contributed by atoms with Crippen molar-refractivity contribution in [1.29, 1.82) is 0 Å². The monoisotopic (exact) mass is 332 g/mol. The Bertz CT molecular complexity index is 515. The summed E-state index contributed by atoms with van der Waals surface area (Å²) in [5.74, 6) is 1.62. The maximum atomic E-state index is 13.3. The highest BCUT2D eigenvalue weighted by molar-refractivity contribution is 5.79. The molecule has 5 aliphatic carbocycles. The first kappa shape index (κ1) is 16.6. The first-order chi connectivity index (χ1) is 11.4. The third kappa shape index (κ3) is 2.63. The minimum absolute atomic E-state index is 0.0124. The summed E-state index contributed by atoms with van der Waals surface area (Å²) in [5.41, 5.74) is -0.954. The second-order valence-electron chi connectivity index (χ2n) is 10.0. The van der Waals surface area contributed by atoms with Gasteiger partial charge in [-0.3, -0.25) is 4.79 Å². The summed E-state index contributed by atoms with van der Waals surface area (Å²) in [6.07, 6.45) is 13.3. The van der Waals surface area contributed by atoms with Crippen molar-refractivity contribution in [3.05, 3.63) is 0 Å². The van der Waals surface area contributed by atoms with Crippen LogP contribution in [0.5, 0.6) is 0 Å². The number of carbonyl (C=O) groups is 2. The van der Waals surface area contributed by atoms with Gasteiger partial charge in [-0.15, -0.1) is 0 Å². The predicted octanol–water partition coefficient (Wildman–Crippen LogP) is 4.67. The average molecular weight is 332 g/mol. The van der Waals surface area contributed by atoms with E-state index in [0.29, 0.717) is 17.8 Å². The molecule has 24 heavy (non-hydrogen) atoms. The van der Waals surface area contributed by atoms with Gasteiger partial charge >= 0.3 is 5.97 Å². The number of ether oxygens (including phenoxy) is 1. The van der Waals surface area contributed by atoms with Crippen LogP contribution in [0.3, 0.4) is 0 Å². The van der Waals surface area contributed by atoms with Gasteiger partial charge in [0.15, 0.2) is 0 Å². The largest absolute Gasteiger partial charge is 0.459 e. The van der Waals surface area contributed by atoms with Crippen molar-refractivity contribution in [1.82, 2.24) is 0 Å². The molecule has 2 unspecified atom stereocenters. The molecule has 0 saturated heterocycles. The lowest BCUT2D eigenvalue weighted by molar-refractivity contribution is -0.196. The number of rotatable bonds is 4. The zero-order chi connectivity index (χ0) is 17.0. The topological polar surface area (TPSA) is 43.4 Å². The zero-order valence-electron chi connectivity index (χ0n) is 15.3. The molecule has 2 atom stereocenters. The van der Waals surface area contributed by atoms with Crippen molar-refractivity contribution in [2.24, 2.45) is 28.6 Å². The van der Waals surface area contributed by atoms with Crippen molar-refractivity contribution in [3.63, 3.8) is 0 Å². The van der Waals surface area contributed by atoms with Gasteiger partial charge in [0.25, 0.3) is 0 Å². The molecule has 4 bridgehead atoms. The van der Waals surface area contributed by atoms with Crippen LogP contribution in [0.15, 0.2) is 0 Å². The molecule has 0 N–H and O–H groups in total. The van der Waals surface area contributed by atoms with Crippen LogP contribution in [0.4, 0.5) is 0 Å². The Balaban J connectivity index is 1.52. The highest BCUT2D eigenvalue weighted by Crippen LogP contribution is 2.65. The third-order valence-corrected chi connectivity index (χ3v) is 7.73. The lowest BCUT2D eigenvalue weighted by Gasteiger charge is -2.59. The molecule has 0 radical (unpaired) electrons. The summed E-state index contributed by atoms with van der Waals surface area (Å²) in [5, 5.41) is 0. The summed E-state index contributed by atoms with van der Waals surface area (Å²) in [6.45, 7) is 4.22. The molecular formula is C21H32O3. The predicted molar refractivity (Wildman–Crippen MR) is 92.4 cm³/mol. The maximum absolute atomic E-state index is 13.3. The quantitative estimate of drug-likeness (QED) is 0.555. The summed E-state index contributed by atoms with van der Waals surface area (Å²) in [6, 6.07) is 0. The van der Waals surface area contributed by atoms with Gasteiger partial charge in [-0.25, -0.2) is 0 Å². The second kappa shape index (κ2) is 5.57. The highest BCUT2D eigenvalue weighted by atomic mass is 16.6. The van der Waals surface area contributed by atoms with Gasteiger partial charge in [-0.05, 0) is 83.0 Å². The molecule has 0 heterocycles. The Labute approximate surface area is 145 Å². The summed E-state index contributed by atoms with van der Waals surface area (Å²) >= 11 is 0. The van der Waals surface area contributed by atoms with Gasteiger partial charge in [0.1, 0.15) is 11.9 Å². The van der Waals surface area contributed by atoms with Gasteiger partial charge < -0.3 is 9.53 Å². The van der Waals surface area contributed by atoms with E-state index in [2.05, 4.69) is 13.8 Å². The molecule has 5 fully saturated rings. The van der Waals surface area contributed by atoms with Crippen LogP contribution in [0, 0.1) is 28.6 Å². The molecule has 5 aliphatic rings. The van der Waals surface area contributed by atoms with Crippen molar-refractivity contribution in [2.75, 3.05) is 0 Å². The van der Waals surface area contributed by atoms with Crippen LogP contribution in [-0.4, -0.2) is 17.9 Å². The standard InChI is InChI=1S/C21H32O3/c1-19(2,17-6-4-3-5-7-17)24-18(23)21-11-15-8-16(12-21)10-20(9-15,13-21)14-22/h14-17H,3-13H2,1-2H3. The van der Waals surface area contributed by atoms with Crippen molar-refractivity contribution in [2.45, 2.75) is 90.1 Å². The third-order valence-electron chi connectivity index (χ3n) is 7.73. The molecule has 0 aromatic heterocycles. The van der Waals surface area contributed by atoms with Gasteiger partial charge in [-0.2, -0.15) is 0 Å². The van der Waals surface area contributed by atoms with Gasteiger partial charge in [0, 0.05) is 5.41 Å². The first-order valence-corrected chi connectivity index (χ1v) is 10.1. The van der Waals surface area contributed by atoms with Crippen LogP contribution in [0.1, 0.15) is 84.5 Å². The molecule has 0 amide bonds. The number of carbonyl (C=O) groups excluding carboxylic acids is 2. The number of hydrogen-bond acceptors (Lipinski definition) is 3. The van der Waals surface area contributed by atoms with Gasteiger partial charge in [0.05, 0.1) is 5.41 Å². The van der Waals surface area contributed by atoms with Gasteiger partial charge in [0.2, 0.25) is 0 Å². The van der Waals surface area contributed by atoms with E-state index in [1.54, 1.807) is 0 Å². The minimum Gasteiger partial charge on any atom is -0.459 e. The Morgan fingerprint density at radius 1 is 1.04 bits per heavy atom. The fraction of sp³-hybridized carbons (Fsp3) is 0.905. The smallest absolute Gasteiger partial charge is 0.312 e. The molecule has 0 aromatic carbocycles. The summed E-state index contributed by atoms with van der Waals surface area (Å²) in [7, 11) is 0. The molecule has 0 spiro atoms. The Morgan fingerprint density at radius 3 is 2.25 bits per heavy atom. The molecular weight excluding hydrogens is 300 g/mol. The normalized spacial score (nSPS) is 42.1. The molecule has 134 valence electrons. The van der Waals surface area contributed by atoms with Gasteiger partial charge in [-0.1, -0.05) is 19.3 Å². The minimum atomic E-state index is -0.366. The lowest BCUT2D eigenvalue weighted by atomic mass is 9.44. The summed E-state index contributed by atoms with van der Waals surface area (Å²) in [4.78, 5) is 25.1. The van der Waals surface area contributed by atoms with E-state index in [-0.39, 0.29) is 22.4 Å². The van der Waals surface area contributed by atoms with E-state index >= 15 is 0 Å². The Hall–Kier alpha value is -0.860. The first-order valence-electron chi connectivity index (χ1n) is 10.1. The van der Waals surface area contributed by atoms with Crippen LogP contribution >= 0.6 is 0 Å². The number of esters is 1. The SMILES string of the molecule is CC(C)(OC(=O)C12CC3CC(CC(C=O)(C3)C1)C2)C1CCCCC1. The van der Waals surface area contributed by atoms with E-state index in [1.807, 2.05) is 0 Å². The van der Waals surface area contributed by atoms with Crippen LogP contribution in [-0.2, 0) is 14.3 Å².